The van der Waals surface area contributed by atoms with Crippen molar-refractivity contribution in [2.75, 3.05) is 7.05 Å². The van der Waals surface area contributed by atoms with Crippen molar-refractivity contribution in [2.24, 2.45) is 0 Å². The van der Waals surface area contributed by atoms with E-state index < -0.39 is 0 Å². The van der Waals surface area contributed by atoms with Gasteiger partial charge in [0.1, 0.15) is 0 Å². The standard InChI is InChI=1S/C15H19NS/c1-3-4-5-9-14(16-2)13-11-17-15-10-7-6-8-12(13)15/h3,6-8,10-11,14,16H,1,4-5,9H2,2H3. The summed E-state index contributed by atoms with van der Waals surface area (Å²) in [6.07, 6.45) is 5.46. The zero-order valence-electron chi connectivity index (χ0n) is 10.3. The van der Waals surface area contributed by atoms with Gasteiger partial charge in [0.05, 0.1) is 0 Å². The molecule has 0 aliphatic heterocycles. The minimum Gasteiger partial charge on any atom is -0.313 e. The average molecular weight is 245 g/mol. The molecule has 17 heavy (non-hydrogen) atoms. The van der Waals surface area contributed by atoms with E-state index in [4.69, 9.17) is 0 Å². The highest BCUT2D eigenvalue weighted by Crippen LogP contribution is 2.32. The Morgan fingerprint density at radius 3 is 3.00 bits per heavy atom. The molecule has 0 saturated carbocycles. The van der Waals surface area contributed by atoms with Crippen molar-refractivity contribution in [2.45, 2.75) is 25.3 Å². The first kappa shape index (κ1) is 12.3. The van der Waals surface area contributed by atoms with Gasteiger partial charge in [-0.05, 0) is 48.7 Å². The van der Waals surface area contributed by atoms with Crippen LogP contribution in [-0.4, -0.2) is 7.05 Å². The molecule has 1 atom stereocenters. The van der Waals surface area contributed by atoms with Crippen molar-refractivity contribution < 1.29 is 0 Å². The molecule has 1 N–H and O–H groups in total. The third-order valence-electron chi connectivity index (χ3n) is 3.14. The molecule has 0 spiro atoms. The molecule has 0 saturated heterocycles. The minimum atomic E-state index is 0.464. The number of rotatable bonds is 6. The van der Waals surface area contributed by atoms with Crippen LogP contribution in [0, 0.1) is 0 Å². The molecule has 0 radical (unpaired) electrons. The fraction of sp³-hybridized carbons (Fsp3) is 0.333. The predicted octanol–water partition coefficient (Wildman–Crippen LogP) is 4.52. The highest BCUT2D eigenvalue weighted by molar-refractivity contribution is 7.17. The van der Waals surface area contributed by atoms with Crippen molar-refractivity contribution in [1.82, 2.24) is 5.32 Å². The van der Waals surface area contributed by atoms with Gasteiger partial charge in [0.25, 0.3) is 0 Å². The zero-order valence-corrected chi connectivity index (χ0v) is 11.1. The maximum atomic E-state index is 3.78. The van der Waals surface area contributed by atoms with Crippen molar-refractivity contribution in [3.05, 3.63) is 47.9 Å². The van der Waals surface area contributed by atoms with Gasteiger partial charge in [0.2, 0.25) is 0 Å². The van der Waals surface area contributed by atoms with E-state index >= 15 is 0 Å². The number of unbranched alkanes of at least 4 members (excludes halogenated alkanes) is 1. The Labute approximate surface area is 107 Å². The smallest absolute Gasteiger partial charge is 0.0346 e. The van der Waals surface area contributed by atoms with E-state index in [9.17, 15) is 0 Å². The average Bonchev–Trinajstić information content (AvgIpc) is 2.79. The van der Waals surface area contributed by atoms with Crippen molar-refractivity contribution in [3.63, 3.8) is 0 Å². The Morgan fingerprint density at radius 1 is 1.41 bits per heavy atom. The maximum Gasteiger partial charge on any atom is 0.0346 e. The summed E-state index contributed by atoms with van der Waals surface area (Å²) in [6, 6.07) is 9.11. The third kappa shape index (κ3) is 2.76. The Morgan fingerprint density at radius 2 is 2.24 bits per heavy atom. The summed E-state index contributed by atoms with van der Waals surface area (Å²) in [6.45, 7) is 3.78. The lowest BCUT2D eigenvalue weighted by Crippen LogP contribution is -2.15. The van der Waals surface area contributed by atoms with Gasteiger partial charge in [-0.1, -0.05) is 24.3 Å². The topological polar surface area (TPSA) is 12.0 Å². The lowest BCUT2D eigenvalue weighted by Gasteiger charge is -2.15. The number of allylic oxidation sites excluding steroid dienone is 1. The number of thiophene rings is 1. The van der Waals surface area contributed by atoms with Gasteiger partial charge >= 0.3 is 0 Å². The van der Waals surface area contributed by atoms with Crippen molar-refractivity contribution >= 4 is 21.4 Å². The fourth-order valence-electron chi connectivity index (χ4n) is 2.19. The number of benzene rings is 1. The molecule has 90 valence electrons. The summed E-state index contributed by atoms with van der Waals surface area (Å²) in [5.41, 5.74) is 1.44. The van der Waals surface area contributed by atoms with Crippen LogP contribution in [0.4, 0.5) is 0 Å². The number of hydrogen-bond donors (Lipinski definition) is 1. The molecular weight excluding hydrogens is 226 g/mol. The van der Waals surface area contributed by atoms with E-state index in [1.54, 1.807) is 0 Å². The maximum absolute atomic E-state index is 3.78. The Bertz CT molecular complexity index is 486. The molecule has 2 aromatic rings. The van der Waals surface area contributed by atoms with Crippen molar-refractivity contribution in [1.29, 1.82) is 0 Å². The SMILES string of the molecule is C=CCCCC(NC)c1csc2ccccc12. The van der Waals surface area contributed by atoms with Crippen LogP contribution in [0.1, 0.15) is 30.9 Å². The molecule has 1 nitrogen and oxygen atoms in total. The highest BCUT2D eigenvalue weighted by atomic mass is 32.1. The molecule has 0 fully saturated rings. The van der Waals surface area contributed by atoms with Crippen LogP contribution in [0.15, 0.2) is 42.3 Å². The first-order valence-electron chi connectivity index (χ1n) is 6.11. The minimum absolute atomic E-state index is 0.464. The van der Waals surface area contributed by atoms with Gasteiger partial charge in [-0.25, -0.2) is 0 Å². The van der Waals surface area contributed by atoms with Crippen LogP contribution in [0.5, 0.6) is 0 Å². The molecule has 2 heteroatoms. The molecule has 1 unspecified atom stereocenters. The Balaban J connectivity index is 2.20. The summed E-state index contributed by atoms with van der Waals surface area (Å²) >= 11 is 1.84. The molecule has 1 aromatic carbocycles. The van der Waals surface area contributed by atoms with E-state index in [0.717, 1.165) is 6.42 Å². The van der Waals surface area contributed by atoms with Crippen LogP contribution in [0.2, 0.25) is 0 Å². The van der Waals surface area contributed by atoms with E-state index in [1.807, 2.05) is 24.5 Å². The van der Waals surface area contributed by atoms with E-state index in [2.05, 4.69) is 41.5 Å². The number of hydrogen-bond acceptors (Lipinski definition) is 2. The second-order valence-corrected chi connectivity index (χ2v) is 5.16. The van der Waals surface area contributed by atoms with Crippen molar-refractivity contribution in [3.8, 4) is 0 Å². The fourth-order valence-corrected chi connectivity index (χ4v) is 3.21. The van der Waals surface area contributed by atoms with E-state index in [-0.39, 0.29) is 0 Å². The molecule has 0 aliphatic carbocycles. The van der Waals surface area contributed by atoms with Crippen LogP contribution >= 0.6 is 11.3 Å². The second kappa shape index (κ2) is 5.99. The molecule has 0 aliphatic rings. The zero-order chi connectivity index (χ0) is 12.1. The first-order chi connectivity index (χ1) is 8.36. The Kier molecular flexibility index (Phi) is 4.35. The number of fused-ring (bicyclic) bond motifs is 1. The van der Waals surface area contributed by atoms with Crippen LogP contribution in [-0.2, 0) is 0 Å². The summed E-state index contributed by atoms with van der Waals surface area (Å²) in [5, 5.41) is 7.12. The largest absolute Gasteiger partial charge is 0.313 e. The van der Waals surface area contributed by atoms with E-state index in [1.165, 1.54) is 28.5 Å². The van der Waals surface area contributed by atoms with Gasteiger partial charge in [0, 0.05) is 10.7 Å². The molecule has 1 aromatic heterocycles. The second-order valence-electron chi connectivity index (χ2n) is 4.25. The summed E-state index contributed by atoms with van der Waals surface area (Å²) in [7, 11) is 2.05. The molecular formula is C15H19NS. The molecule has 0 amide bonds. The van der Waals surface area contributed by atoms with Crippen LogP contribution in [0.3, 0.4) is 0 Å². The molecule has 0 bridgehead atoms. The van der Waals surface area contributed by atoms with Gasteiger partial charge < -0.3 is 5.32 Å². The lowest BCUT2D eigenvalue weighted by molar-refractivity contribution is 0.534. The summed E-state index contributed by atoms with van der Waals surface area (Å²) < 4.78 is 1.38. The summed E-state index contributed by atoms with van der Waals surface area (Å²) in [4.78, 5) is 0. The van der Waals surface area contributed by atoms with E-state index in [0.29, 0.717) is 6.04 Å². The molecule has 1 heterocycles. The molecule has 2 rings (SSSR count). The lowest BCUT2D eigenvalue weighted by atomic mass is 10.0. The first-order valence-corrected chi connectivity index (χ1v) is 6.99. The van der Waals surface area contributed by atoms with Gasteiger partial charge in [0.15, 0.2) is 0 Å². The monoisotopic (exact) mass is 245 g/mol. The van der Waals surface area contributed by atoms with Crippen LogP contribution in [0.25, 0.3) is 10.1 Å². The van der Waals surface area contributed by atoms with Gasteiger partial charge in [-0.2, -0.15) is 0 Å². The Hall–Kier alpha value is -1.12. The highest BCUT2D eigenvalue weighted by Gasteiger charge is 2.13. The predicted molar refractivity (Wildman–Crippen MR) is 77.7 cm³/mol. The summed E-state index contributed by atoms with van der Waals surface area (Å²) in [5.74, 6) is 0. The third-order valence-corrected chi connectivity index (χ3v) is 4.12. The van der Waals surface area contributed by atoms with Gasteiger partial charge in [-0.15, -0.1) is 17.9 Å². The van der Waals surface area contributed by atoms with Gasteiger partial charge in [-0.3, -0.25) is 0 Å². The quantitative estimate of drug-likeness (QED) is 0.583. The van der Waals surface area contributed by atoms with Crippen LogP contribution < -0.4 is 5.32 Å². The number of nitrogens with one attached hydrogen (secondary N) is 1. The normalized spacial score (nSPS) is 12.8.